The summed E-state index contributed by atoms with van der Waals surface area (Å²) in [6.07, 6.45) is -5.51. The Bertz CT molecular complexity index is 1970. The standard InChI is InChI=1S/C31H29FN6O6S4/c1-5-27-23(42)38-20-28(14-8-6-7-9-16(14)33-20,18(39)31(38,48-46-27)25(44)36(27)4)29-15-12-13(32)10-11-17(15)34-21(29)37-22(41)26(2)35(3)24(43)30(37,19(29)40)47-45-26/h6-12,18-21,33-34,39-40H,5H2,1-4H3/t18-,19-,20+,21+,26-,27-,28?,29+,30-,31-/m0/s1. The summed E-state index contributed by atoms with van der Waals surface area (Å²) in [6.45, 7) is 3.49. The maximum atomic E-state index is 15.6. The third-order valence-corrected chi connectivity index (χ3v) is 19.9. The summed E-state index contributed by atoms with van der Waals surface area (Å²) in [5.41, 5.74) is -1.99. The number of piperazine rings is 2. The van der Waals surface area contributed by atoms with E-state index in [1.807, 2.05) is 6.92 Å². The maximum absolute atomic E-state index is 15.6. The molecular weight excluding hydrogens is 700 g/mol. The Hall–Kier alpha value is -2.83. The number of hydrogen-bond donors (Lipinski definition) is 4. The predicted molar refractivity (Wildman–Crippen MR) is 180 cm³/mol. The topological polar surface area (TPSA) is 146 Å². The lowest BCUT2D eigenvalue weighted by atomic mass is 9.52. The van der Waals surface area contributed by atoms with Crippen LogP contribution in [0.5, 0.6) is 0 Å². The van der Waals surface area contributed by atoms with Crippen molar-refractivity contribution in [2.75, 3.05) is 24.7 Å². The normalized spacial score (nSPS) is 45.6. The molecule has 48 heavy (non-hydrogen) atoms. The number of fused-ring (bicyclic) bond motifs is 11. The first-order valence-electron chi connectivity index (χ1n) is 15.6. The highest BCUT2D eigenvalue weighted by Crippen LogP contribution is 2.78. The lowest BCUT2D eigenvalue weighted by molar-refractivity contribution is -0.167. The molecule has 4 amide bonds. The lowest BCUT2D eigenvalue weighted by Crippen LogP contribution is -2.78. The number of carbonyl (C=O) groups excluding carboxylic acids is 4. The molecule has 8 saturated heterocycles. The van der Waals surface area contributed by atoms with Gasteiger partial charge in [0.1, 0.15) is 30.4 Å². The Labute approximate surface area is 289 Å². The number of nitrogens with one attached hydrogen (secondary N) is 2. The van der Waals surface area contributed by atoms with Crippen LogP contribution in [0.3, 0.4) is 0 Å². The average Bonchev–Trinajstić information content (AvgIpc) is 3.72. The smallest absolute Gasteiger partial charge is 0.264 e. The van der Waals surface area contributed by atoms with Crippen molar-refractivity contribution in [3.05, 3.63) is 59.4 Å². The van der Waals surface area contributed by atoms with Crippen molar-refractivity contribution in [3.8, 4) is 0 Å². The molecule has 4 N–H and O–H groups in total. The first kappa shape index (κ1) is 30.0. The first-order valence-corrected chi connectivity index (χ1v) is 19.9. The molecule has 8 fully saturated rings. The molecule has 0 aromatic heterocycles. The van der Waals surface area contributed by atoms with Crippen LogP contribution in [0.2, 0.25) is 0 Å². The highest BCUT2D eigenvalue weighted by Gasteiger charge is 2.93. The Morgan fingerprint density at radius 2 is 1.31 bits per heavy atom. The highest BCUT2D eigenvalue weighted by atomic mass is 33.1. The summed E-state index contributed by atoms with van der Waals surface area (Å²) >= 11 is 0. The summed E-state index contributed by atoms with van der Waals surface area (Å²) in [6, 6.07) is 11.2. The van der Waals surface area contributed by atoms with Crippen molar-refractivity contribution in [1.82, 2.24) is 19.6 Å². The fourth-order valence-corrected chi connectivity index (χ4v) is 17.7. The molecule has 1 unspecified atom stereocenters. The van der Waals surface area contributed by atoms with Gasteiger partial charge in [0, 0.05) is 25.5 Å². The maximum Gasteiger partial charge on any atom is 0.264 e. The van der Waals surface area contributed by atoms with Gasteiger partial charge in [0.15, 0.2) is 9.74 Å². The Kier molecular flexibility index (Phi) is 5.34. The van der Waals surface area contributed by atoms with Gasteiger partial charge in [-0.3, -0.25) is 29.0 Å². The van der Waals surface area contributed by atoms with Gasteiger partial charge in [0.2, 0.25) is 9.74 Å². The van der Waals surface area contributed by atoms with Crippen molar-refractivity contribution < 1.29 is 33.8 Å². The van der Waals surface area contributed by atoms with E-state index in [0.29, 0.717) is 23.4 Å². The number of nitrogens with zero attached hydrogens (tertiary/aromatic N) is 4. The fraction of sp³-hybridized carbons (Fsp3) is 0.484. The van der Waals surface area contributed by atoms with Gasteiger partial charge in [-0.15, -0.1) is 0 Å². The number of anilines is 2. The summed E-state index contributed by atoms with van der Waals surface area (Å²) in [5.74, 6) is -2.42. The van der Waals surface area contributed by atoms with Crippen LogP contribution >= 0.6 is 43.2 Å². The number of carbonyl (C=O) groups is 4. The summed E-state index contributed by atoms with van der Waals surface area (Å²) in [5, 5.41) is 33.5. The number of rotatable bonds is 2. The largest absolute Gasteiger partial charge is 0.388 e. The van der Waals surface area contributed by atoms with E-state index in [4.69, 9.17) is 0 Å². The zero-order chi connectivity index (χ0) is 33.7. The number of halogens is 1. The number of aliphatic hydroxyl groups is 2. The molecule has 0 aliphatic carbocycles. The van der Waals surface area contributed by atoms with Gasteiger partial charge >= 0.3 is 0 Å². The van der Waals surface area contributed by atoms with Gasteiger partial charge in [-0.25, -0.2) is 4.39 Å². The zero-order valence-electron chi connectivity index (χ0n) is 25.9. The van der Waals surface area contributed by atoms with Gasteiger partial charge in [-0.1, -0.05) is 46.7 Å². The van der Waals surface area contributed by atoms with Crippen molar-refractivity contribution >= 4 is 78.2 Å². The van der Waals surface area contributed by atoms with Gasteiger partial charge in [-0.2, -0.15) is 0 Å². The third kappa shape index (κ3) is 2.50. The molecule has 0 radical (unpaired) electrons. The van der Waals surface area contributed by atoms with E-state index in [1.165, 1.54) is 66.4 Å². The number of amides is 4. The third-order valence-electron chi connectivity index (χ3n) is 12.5. The Balaban J connectivity index is 1.36. The minimum atomic E-state index is -1.89. The van der Waals surface area contributed by atoms with Gasteiger partial charge < -0.3 is 30.6 Å². The van der Waals surface area contributed by atoms with Crippen molar-refractivity contribution in [2.45, 2.75) is 75.1 Å². The number of benzene rings is 2. The SMILES string of the molecule is CC[C@@]12SS[C@]3(C(=O)N1C)[C@@H](O)C1([C@@]45c6cc(F)ccc6N[C@@H]4N4C(=O)[C@]6(C)SS[C@]4(C(=O)N6C)[C@H]5O)c4ccccc4N[C@@H]1N3C2=O. The number of para-hydroxylation sites is 1. The quantitative estimate of drug-likeness (QED) is 0.335. The Morgan fingerprint density at radius 1 is 0.750 bits per heavy atom. The molecule has 12 rings (SSSR count). The second-order valence-electron chi connectivity index (χ2n) is 13.8. The van der Waals surface area contributed by atoms with E-state index >= 15 is 4.39 Å². The molecular formula is C31H29FN6O6S4. The van der Waals surface area contributed by atoms with E-state index in [1.54, 1.807) is 38.2 Å². The van der Waals surface area contributed by atoms with E-state index in [2.05, 4.69) is 10.6 Å². The molecule has 2 spiro atoms. The molecule has 0 saturated carbocycles. The second-order valence-corrected chi connectivity index (χ2v) is 19.2. The second kappa shape index (κ2) is 8.54. The van der Waals surface area contributed by atoms with E-state index in [0.717, 1.165) is 21.6 Å². The molecule has 10 heterocycles. The predicted octanol–water partition coefficient (Wildman–Crippen LogP) is 1.86. The van der Waals surface area contributed by atoms with Gasteiger partial charge in [0.05, 0.1) is 10.8 Å². The van der Waals surface area contributed by atoms with Crippen LogP contribution in [0.1, 0.15) is 31.4 Å². The monoisotopic (exact) mass is 728 g/mol. The summed E-state index contributed by atoms with van der Waals surface area (Å²) in [7, 11) is 7.70. The van der Waals surface area contributed by atoms with E-state index in [9.17, 15) is 29.4 Å². The molecule has 2 aromatic carbocycles. The molecule has 2 aromatic rings. The number of likely N-dealkylation sites (N-methyl/N-ethyl adjacent to an activating group) is 2. The number of aliphatic hydroxyl groups excluding tert-OH is 2. The van der Waals surface area contributed by atoms with Crippen molar-refractivity contribution in [2.24, 2.45) is 0 Å². The minimum absolute atomic E-state index is 0.246. The van der Waals surface area contributed by atoms with Crippen LogP contribution in [0.4, 0.5) is 15.8 Å². The zero-order valence-corrected chi connectivity index (χ0v) is 29.2. The average molecular weight is 729 g/mol. The lowest BCUT2D eigenvalue weighted by Gasteiger charge is -2.58. The minimum Gasteiger partial charge on any atom is -0.388 e. The van der Waals surface area contributed by atoms with Crippen molar-refractivity contribution in [3.63, 3.8) is 0 Å². The molecule has 4 bridgehead atoms. The molecule has 10 aliphatic rings. The fourth-order valence-electron chi connectivity index (χ4n) is 10.2. The molecule has 17 heteroatoms. The van der Waals surface area contributed by atoms with Crippen LogP contribution < -0.4 is 10.6 Å². The summed E-state index contributed by atoms with van der Waals surface area (Å²) in [4.78, 5) is 58.1. The highest BCUT2D eigenvalue weighted by molar-refractivity contribution is 8.78. The molecule has 10 atom stereocenters. The molecule has 250 valence electrons. The summed E-state index contributed by atoms with van der Waals surface area (Å²) < 4.78 is 15.6. The van der Waals surface area contributed by atoms with Crippen molar-refractivity contribution in [1.29, 1.82) is 0 Å². The molecule has 10 aliphatic heterocycles. The first-order chi connectivity index (χ1) is 22.8. The van der Waals surface area contributed by atoms with Crippen LogP contribution in [0.15, 0.2) is 42.5 Å². The molecule has 12 nitrogen and oxygen atoms in total. The van der Waals surface area contributed by atoms with Gasteiger partial charge in [0.25, 0.3) is 23.6 Å². The van der Waals surface area contributed by atoms with E-state index < -0.39 is 78.4 Å². The van der Waals surface area contributed by atoms with Crippen LogP contribution in [0, 0.1) is 5.82 Å². The van der Waals surface area contributed by atoms with E-state index in [-0.39, 0.29) is 11.5 Å². The van der Waals surface area contributed by atoms with Crippen LogP contribution in [-0.4, -0.2) is 112 Å². The van der Waals surface area contributed by atoms with Gasteiger partial charge in [-0.05, 0) is 70.3 Å². The van der Waals surface area contributed by atoms with Crippen LogP contribution in [-0.2, 0) is 30.0 Å². The Morgan fingerprint density at radius 3 is 1.98 bits per heavy atom. The van der Waals surface area contributed by atoms with Crippen LogP contribution in [0.25, 0.3) is 0 Å². The number of hydrogen-bond acceptors (Lipinski definition) is 12.